The summed E-state index contributed by atoms with van der Waals surface area (Å²) in [4.78, 5) is 17.7. The second-order valence-corrected chi connectivity index (χ2v) is 6.44. The fourth-order valence-corrected chi connectivity index (χ4v) is 2.89. The summed E-state index contributed by atoms with van der Waals surface area (Å²) in [6.07, 6.45) is 4.46. The van der Waals surface area contributed by atoms with Crippen molar-refractivity contribution in [1.29, 1.82) is 0 Å². The normalized spacial score (nSPS) is 11.3. The van der Waals surface area contributed by atoms with Crippen LogP contribution >= 0.6 is 0 Å². The fourth-order valence-electron chi connectivity index (χ4n) is 2.89. The van der Waals surface area contributed by atoms with Crippen molar-refractivity contribution in [2.75, 3.05) is 26.8 Å². The second kappa shape index (κ2) is 8.73. The smallest absolute Gasteiger partial charge is 0.222 e. The van der Waals surface area contributed by atoms with Crippen LogP contribution in [0.25, 0.3) is 10.9 Å². The van der Waals surface area contributed by atoms with Gasteiger partial charge in [-0.25, -0.2) is 0 Å². The van der Waals surface area contributed by atoms with Crippen LogP contribution in [0.4, 0.5) is 0 Å². The zero-order valence-electron chi connectivity index (χ0n) is 14.5. The number of fused-ring (bicyclic) bond motifs is 1. The van der Waals surface area contributed by atoms with E-state index in [0.717, 1.165) is 24.9 Å². The van der Waals surface area contributed by atoms with Gasteiger partial charge in [0.25, 0.3) is 0 Å². The molecule has 1 amide bonds. The number of carbonyl (C=O) groups is 1. The Hall–Kier alpha value is -1.81. The van der Waals surface area contributed by atoms with Gasteiger partial charge in [0.05, 0.1) is 6.61 Å². The van der Waals surface area contributed by atoms with Crippen LogP contribution in [0.5, 0.6) is 0 Å². The third-order valence-corrected chi connectivity index (χ3v) is 4.02. The van der Waals surface area contributed by atoms with E-state index in [2.05, 4.69) is 43.2 Å². The molecule has 23 heavy (non-hydrogen) atoms. The average Bonchev–Trinajstić information content (AvgIpc) is 2.94. The summed E-state index contributed by atoms with van der Waals surface area (Å²) < 4.78 is 5.12. The molecule has 1 aromatic heterocycles. The van der Waals surface area contributed by atoms with E-state index >= 15 is 0 Å². The van der Waals surface area contributed by atoms with Crippen LogP contribution in [-0.4, -0.2) is 42.6 Å². The molecule has 0 bridgehead atoms. The number of ether oxygens (including phenoxy) is 1. The molecule has 126 valence electrons. The van der Waals surface area contributed by atoms with Gasteiger partial charge in [0.1, 0.15) is 0 Å². The van der Waals surface area contributed by atoms with Gasteiger partial charge in [0.15, 0.2) is 0 Å². The van der Waals surface area contributed by atoms with Crippen LogP contribution in [0.2, 0.25) is 0 Å². The fraction of sp³-hybridized carbons (Fsp3) is 0.526. The minimum absolute atomic E-state index is 0.232. The highest BCUT2D eigenvalue weighted by Gasteiger charge is 2.14. The Labute approximate surface area is 138 Å². The van der Waals surface area contributed by atoms with Crippen LogP contribution in [-0.2, 0) is 16.0 Å². The summed E-state index contributed by atoms with van der Waals surface area (Å²) in [6, 6.07) is 8.30. The number of nitrogens with one attached hydrogen (secondary N) is 1. The maximum Gasteiger partial charge on any atom is 0.222 e. The first-order chi connectivity index (χ1) is 11.1. The van der Waals surface area contributed by atoms with Crippen molar-refractivity contribution < 1.29 is 9.53 Å². The van der Waals surface area contributed by atoms with E-state index in [-0.39, 0.29) is 5.91 Å². The number of para-hydroxylation sites is 1. The summed E-state index contributed by atoms with van der Waals surface area (Å²) in [7, 11) is 1.68. The minimum Gasteiger partial charge on any atom is -0.383 e. The number of H-pyrrole nitrogens is 1. The molecule has 2 rings (SSSR count). The van der Waals surface area contributed by atoms with E-state index in [1.54, 1.807) is 7.11 Å². The molecule has 4 nitrogen and oxygen atoms in total. The number of rotatable bonds is 9. The highest BCUT2D eigenvalue weighted by atomic mass is 16.5. The molecule has 0 saturated heterocycles. The van der Waals surface area contributed by atoms with E-state index in [9.17, 15) is 4.79 Å². The number of nitrogens with zero attached hydrogens (tertiary/aromatic N) is 1. The topological polar surface area (TPSA) is 45.3 Å². The Kier molecular flexibility index (Phi) is 6.66. The summed E-state index contributed by atoms with van der Waals surface area (Å²) >= 11 is 0. The number of methoxy groups -OCH3 is 1. The Bertz CT molecular complexity index is 619. The average molecular weight is 316 g/mol. The van der Waals surface area contributed by atoms with Crippen molar-refractivity contribution in [2.45, 2.75) is 33.1 Å². The van der Waals surface area contributed by atoms with E-state index in [0.29, 0.717) is 25.5 Å². The minimum atomic E-state index is 0.232. The SMILES string of the molecule is COCCN(CC(C)C)C(=O)CCCc1c[nH]c2ccccc12. The summed E-state index contributed by atoms with van der Waals surface area (Å²) in [5.41, 5.74) is 2.45. The highest BCUT2D eigenvalue weighted by molar-refractivity contribution is 5.83. The number of benzene rings is 1. The molecule has 2 aromatic rings. The van der Waals surface area contributed by atoms with E-state index in [4.69, 9.17) is 4.74 Å². The van der Waals surface area contributed by atoms with Crippen molar-refractivity contribution in [1.82, 2.24) is 9.88 Å². The molecule has 0 aliphatic heterocycles. The van der Waals surface area contributed by atoms with Gasteiger partial charge in [-0.1, -0.05) is 32.0 Å². The number of aromatic amines is 1. The lowest BCUT2D eigenvalue weighted by Crippen LogP contribution is -2.36. The van der Waals surface area contributed by atoms with Crippen LogP contribution < -0.4 is 0 Å². The number of hydrogen-bond acceptors (Lipinski definition) is 2. The van der Waals surface area contributed by atoms with Crippen LogP contribution in [0.3, 0.4) is 0 Å². The molecule has 1 heterocycles. The number of hydrogen-bond donors (Lipinski definition) is 1. The Balaban J connectivity index is 1.87. The molecule has 0 unspecified atom stereocenters. The molecule has 0 aliphatic rings. The molecule has 0 fully saturated rings. The van der Waals surface area contributed by atoms with Gasteiger partial charge in [0.2, 0.25) is 5.91 Å². The van der Waals surface area contributed by atoms with E-state index in [1.165, 1.54) is 10.9 Å². The maximum atomic E-state index is 12.4. The standard InChI is InChI=1S/C19H28N2O2/c1-15(2)14-21(11-12-23-3)19(22)10-6-7-16-13-20-18-9-5-4-8-17(16)18/h4-5,8-9,13,15,20H,6-7,10-12,14H2,1-3H3. The molecular weight excluding hydrogens is 288 g/mol. The molecule has 4 heteroatoms. The third-order valence-electron chi connectivity index (χ3n) is 4.02. The monoisotopic (exact) mass is 316 g/mol. The van der Waals surface area contributed by atoms with Gasteiger partial charge in [-0.2, -0.15) is 0 Å². The number of aryl methyl sites for hydroxylation is 1. The van der Waals surface area contributed by atoms with E-state index < -0.39 is 0 Å². The molecule has 0 atom stereocenters. The zero-order valence-corrected chi connectivity index (χ0v) is 14.5. The van der Waals surface area contributed by atoms with Crippen LogP contribution in [0.15, 0.2) is 30.5 Å². The lowest BCUT2D eigenvalue weighted by atomic mass is 10.1. The Morgan fingerprint density at radius 1 is 1.30 bits per heavy atom. The first kappa shape index (κ1) is 17.5. The van der Waals surface area contributed by atoms with Gasteiger partial charge in [-0.3, -0.25) is 4.79 Å². The molecule has 1 aromatic carbocycles. The molecular formula is C19H28N2O2. The Morgan fingerprint density at radius 2 is 2.09 bits per heavy atom. The lowest BCUT2D eigenvalue weighted by Gasteiger charge is -2.24. The molecule has 0 radical (unpaired) electrons. The number of carbonyl (C=O) groups excluding carboxylic acids is 1. The van der Waals surface area contributed by atoms with Crippen molar-refractivity contribution in [2.24, 2.45) is 5.92 Å². The zero-order chi connectivity index (χ0) is 16.7. The number of amides is 1. The molecule has 0 aliphatic carbocycles. The predicted octanol–water partition coefficient (Wildman–Crippen LogP) is 3.62. The lowest BCUT2D eigenvalue weighted by molar-refractivity contribution is -0.132. The van der Waals surface area contributed by atoms with Crippen LogP contribution in [0.1, 0.15) is 32.3 Å². The summed E-state index contributed by atoms with van der Waals surface area (Å²) in [5, 5.41) is 1.26. The number of aromatic nitrogens is 1. The van der Waals surface area contributed by atoms with Crippen molar-refractivity contribution in [3.05, 3.63) is 36.0 Å². The van der Waals surface area contributed by atoms with Gasteiger partial charge in [0, 0.05) is 43.7 Å². The van der Waals surface area contributed by atoms with Gasteiger partial charge < -0.3 is 14.6 Å². The Morgan fingerprint density at radius 3 is 2.83 bits per heavy atom. The third kappa shape index (κ3) is 5.10. The first-order valence-electron chi connectivity index (χ1n) is 8.43. The summed E-state index contributed by atoms with van der Waals surface area (Å²) in [6.45, 7) is 6.36. The quantitative estimate of drug-likeness (QED) is 0.768. The van der Waals surface area contributed by atoms with Crippen LogP contribution in [0, 0.1) is 5.92 Å². The molecule has 1 N–H and O–H groups in total. The molecule has 0 saturated carbocycles. The largest absolute Gasteiger partial charge is 0.383 e. The first-order valence-corrected chi connectivity index (χ1v) is 8.43. The van der Waals surface area contributed by atoms with Gasteiger partial charge in [-0.15, -0.1) is 0 Å². The summed E-state index contributed by atoms with van der Waals surface area (Å²) in [5.74, 6) is 0.708. The maximum absolute atomic E-state index is 12.4. The molecule has 0 spiro atoms. The second-order valence-electron chi connectivity index (χ2n) is 6.44. The van der Waals surface area contributed by atoms with E-state index in [1.807, 2.05) is 11.0 Å². The van der Waals surface area contributed by atoms with Crippen molar-refractivity contribution in [3.63, 3.8) is 0 Å². The van der Waals surface area contributed by atoms with Gasteiger partial charge in [-0.05, 0) is 30.4 Å². The predicted molar refractivity (Wildman–Crippen MR) is 94.5 cm³/mol. The highest BCUT2D eigenvalue weighted by Crippen LogP contribution is 2.19. The van der Waals surface area contributed by atoms with Gasteiger partial charge >= 0.3 is 0 Å². The van der Waals surface area contributed by atoms with Crippen molar-refractivity contribution >= 4 is 16.8 Å². The van der Waals surface area contributed by atoms with Crippen molar-refractivity contribution in [3.8, 4) is 0 Å².